The van der Waals surface area contributed by atoms with E-state index in [1.807, 2.05) is 31.2 Å². The average molecular weight is 377 g/mol. The second-order valence-corrected chi connectivity index (χ2v) is 7.13. The van der Waals surface area contributed by atoms with Crippen molar-refractivity contribution < 1.29 is 9.59 Å². The molecule has 5 heteroatoms. The van der Waals surface area contributed by atoms with E-state index < -0.39 is 0 Å². The number of nitrogens with one attached hydrogen (secondary N) is 1. The van der Waals surface area contributed by atoms with Gasteiger partial charge in [-0.2, -0.15) is 5.10 Å². The van der Waals surface area contributed by atoms with Gasteiger partial charge in [0.25, 0.3) is 0 Å². The van der Waals surface area contributed by atoms with Gasteiger partial charge in [0.2, 0.25) is 11.8 Å². The lowest BCUT2D eigenvalue weighted by molar-refractivity contribution is -0.132. The minimum Gasteiger partial charge on any atom is -0.352 e. The molecule has 2 aromatic rings. The quantitative estimate of drug-likeness (QED) is 0.801. The minimum atomic E-state index is -0.0806. The predicted molar refractivity (Wildman–Crippen MR) is 111 cm³/mol. The van der Waals surface area contributed by atoms with Crippen LogP contribution in [0.5, 0.6) is 0 Å². The molecule has 146 valence electrons. The molecule has 0 radical (unpaired) electrons. The molecule has 0 saturated carbocycles. The van der Waals surface area contributed by atoms with Crippen molar-refractivity contribution >= 4 is 17.5 Å². The highest BCUT2D eigenvalue weighted by Crippen LogP contribution is 2.16. The molecule has 0 spiro atoms. The Morgan fingerprint density at radius 2 is 1.71 bits per heavy atom. The van der Waals surface area contributed by atoms with Crippen molar-refractivity contribution in [3.63, 3.8) is 0 Å². The molecule has 0 atom stereocenters. The fraction of sp³-hybridized carbons (Fsp3) is 0.348. The van der Waals surface area contributed by atoms with Crippen LogP contribution in [0.15, 0.2) is 53.6 Å². The second kappa shape index (κ2) is 9.31. The molecule has 0 unspecified atom stereocenters. The number of hydrazone groups is 1. The molecule has 28 heavy (non-hydrogen) atoms. The Hall–Kier alpha value is -2.95. The van der Waals surface area contributed by atoms with Gasteiger partial charge in [-0.05, 0) is 30.0 Å². The summed E-state index contributed by atoms with van der Waals surface area (Å²) in [6, 6.07) is 16.4. The van der Waals surface area contributed by atoms with E-state index in [0.717, 1.165) is 23.3 Å². The number of rotatable bonds is 7. The van der Waals surface area contributed by atoms with E-state index in [1.54, 1.807) is 0 Å². The van der Waals surface area contributed by atoms with Crippen LogP contribution in [0.1, 0.15) is 48.4 Å². The first-order chi connectivity index (χ1) is 13.5. The Balaban J connectivity index is 1.54. The van der Waals surface area contributed by atoms with Gasteiger partial charge in [-0.1, -0.05) is 61.0 Å². The van der Waals surface area contributed by atoms with E-state index in [1.165, 1.54) is 16.1 Å². The molecule has 1 N–H and O–H groups in total. The zero-order valence-corrected chi connectivity index (χ0v) is 16.6. The summed E-state index contributed by atoms with van der Waals surface area (Å²) in [6.07, 6.45) is 2.30. The van der Waals surface area contributed by atoms with Gasteiger partial charge in [-0.25, -0.2) is 5.01 Å². The first-order valence-corrected chi connectivity index (χ1v) is 9.84. The topological polar surface area (TPSA) is 61.8 Å². The van der Waals surface area contributed by atoms with Crippen molar-refractivity contribution in [2.45, 2.75) is 46.1 Å². The highest BCUT2D eigenvalue weighted by molar-refractivity contribution is 6.04. The molecule has 1 aliphatic rings. The van der Waals surface area contributed by atoms with Crippen LogP contribution in [0, 0.1) is 6.92 Å². The van der Waals surface area contributed by atoms with Crippen LogP contribution in [0.2, 0.25) is 0 Å². The van der Waals surface area contributed by atoms with Gasteiger partial charge in [-0.3, -0.25) is 9.59 Å². The van der Waals surface area contributed by atoms with Crippen molar-refractivity contribution in [1.29, 1.82) is 0 Å². The van der Waals surface area contributed by atoms with E-state index in [0.29, 0.717) is 25.9 Å². The smallest absolute Gasteiger partial charge is 0.243 e. The van der Waals surface area contributed by atoms with Crippen LogP contribution in [-0.4, -0.2) is 29.1 Å². The fourth-order valence-corrected chi connectivity index (χ4v) is 3.12. The summed E-state index contributed by atoms with van der Waals surface area (Å²) in [5, 5.41) is 8.85. The van der Waals surface area contributed by atoms with Crippen molar-refractivity contribution in [3.05, 3.63) is 70.8 Å². The number of aryl methyl sites for hydroxylation is 2. The first-order valence-electron chi connectivity index (χ1n) is 9.84. The van der Waals surface area contributed by atoms with Gasteiger partial charge >= 0.3 is 0 Å². The summed E-state index contributed by atoms with van der Waals surface area (Å²) in [6.45, 7) is 4.95. The van der Waals surface area contributed by atoms with Gasteiger partial charge in [0.1, 0.15) is 0 Å². The van der Waals surface area contributed by atoms with E-state index in [-0.39, 0.29) is 18.2 Å². The highest BCUT2D eigenvalue weighted by Gasteiger charge is 2.21. The summed E-state index contributed by atoms with van der Waals surface area (Å²) < 4.78 is 0. The minimum absolute atomic E-state index is 0.0275. The lowest BCUT2D eigenvalue weighted by Gasteiger charge is -2.23. The number of hydrogen-bond acceptors (Lipinski definition) is 3. The third-order valence-electron chi connectivity index (χ3n) is 4.96. The lowest BCUT2D eigenvalue weighted by Crippen LogP contribution is -2.35. The van der Waals surface area contributed by atoms with Gasteiger partial charge in [-0.15, -0.1) is 0 Å². The van der Waals surface area contributed by atoms with Gasteiger partial charge < -0.3 is 5.32 Å². The van der Waals surface area contributed by atoms with Crippen molar-refractivity contribution in [2.24, 2.45) is 5.10 Å². The Labute approximate surface area is 166 Å². The summed E-state index contributed by atoms with van der Waals surface area (Å²) in [5.74, 6) is -0.108. The molecule has 2 amide bonds. The van der Waals surface area contributed by atoms with E-state index >= 15 is 0 Å². The van der Waals surface area contributed by atoms with Crippen LogP contribution in [-0.2, 0) is 22.6 Å². The Bertz CT molecular complexity index is 854. The maximum atomic E-state index is 12.2. The van der Waals surface area contributed by atoms with Gasteiger partial charge in [0, 0.05) is 25.8 Å². The molecule has 0 aromatic heterocycles. The van der Waals surface area contributed by atoms with E-state index in [2.05, 4.69) is 41.6 Å². The van der Waals surface area contributed by atoms with E-state index in [9.17, 15) is 9.59 Å². The van der Waals surface area contributed by atoms with Crippen LogP contribution in [0.4, 0.5) is 0 Å². The molecule has 0 saturated heterocycles. The van der Waals surface area contributed by atoms with Crippen LogP contribution < -0.4 is 5.32 Å². The third-order valence-corrected chi connectivity index (χ3v) is 4.96. The van der Waals surface area contributed by atoms with Crippen molar-refractivity contribution in [1.82, 2.24) is 10.3 Å². The summed E-state index contributed by atoms with van der Waals surface area (Å²) in [7, 11) is 0. The third kappa shape index (κ3) is 5.28. The molecule has 2 aromatic carbocycles. The number of benzene rings is 2. The Morgan fingerprint density at radius 1 is 1.04 bits per heavy atom. The molecule has 1 heterocycles. The average Bonchev–Trinajstić information content (AvgIpc) is 2.73. The molecule has 5 nitrogen and oxygen atoms in total. The summed E-state index contributed by atoms with van der Waals surface area (Å²) >= 11 is 0. The first kappa shape index (κ1) is 19.8. The van der Waals surface area contributed by atoms with Gasteiger partial charge in [0.05, 0.1) is 12.3 Å². The fourth-order valence-electron chi connectivity index (χ4n) is 3.12. The summed E-state index contributed by atoms with van der Waals surface area (Å²) in [4.78, 5) is 24.3. The Morgan fingerprint density at radius 3 is 2.39 bits per heavy atom. The molecule has 0 fully saturated rings. The SMILES string of the molecule is CCc1ccc(C2=NN(CCC(=O)NCc3ccc(C)cc3)C(=O)CC2)cc1. The summed E-state index contributed by atoms with van der Waals surface area (Å²) in [5.41, 5.74) is 5.47. The van der Waals surface area contributed by atoms with Crippen molar-refractivity contribution in [2.75, 3.05) is 6.54 Å². The zero-order valence-electron chi connectivity index (χ0n) is 16.6. The number of hydrogen-bond donors (Lipinski definition) is 1. The van der Waals surface area contributed by atoms with E-state index in [4.69, 9.17) is 0 Å². The Kier molecular flexibility index (Phi) is 6.58. The maximum absolute atomic E-state index is 12.2. The second-order valence-electron chi connectivity index (χ2n) is 7.13. The predicted octanol–water partition coefficient (Wildman–Crippen LogP) is 3.59. The molecular formula is C23H27N3O2. The normalized spacial score (nSPS) is 14.0. The van der Waals surface area contributed by atoms with Crippen LogP contribution >= 0.6 is 0 Å². The molecule has 1 aliphatic heterocycles. The van der Waals surface area contributed by atoms with Crippen molar-refractivity contribution in [3.8, 4) is 0 Å². The number of amides is 2. The lowest BCUT2D eigenvalue weighted by atomic mass is 10.0. The standard InChI is InChI=1S/C23H27N3O2/c1-3-18-8-10-20(11-9-18)21-12-13-23(28)26(25-21)15-14-22(27)24-16-19-6-4-17(2)5-7-19/h4-11H,3,12-16H2,1-2H3,(H,24,27). The number of carbonyl (C=O) groups is 2. The number of nitrogens with zero attached hydrogens (tertiary/aromatic N) is 2. The molecular weight excluding hydrogens is 350 g/mol. The van der Waals surface area contributed by atoms with Gasteiger partial charge in [0.15, 0.2) is 0 Å². The highest BCUT2D eigenvalue weighted by atomic mass is 16.2. The molecule has 0 aliphatic carbocycles. The molecule has 3 rings (SSSR count). The molecule has 0 bridgehead atoms. The van der Waals surface area contributed by atoms with Crippen LogP contribution in [0.3, 0.4) is 0 Å². The largest absolute Gasteiger partial charge is 0.352 e. The number of carbonyl (C=O) groups excluding carboxylic acids is 2. The monoisotopic (exact) mass is 377 g/mol. The maximum Gasteiger partial charge on any atom is 0.243 e. The van der Waals surface area contributed by atoms with Crippen LogP contribution in [0.25, 0.3) is 0 Å². The zero-order chi connectivity index (χ0) is 19.9.